The molecule has 0 atom stereocenters. The molecular weight excluding hydrogens is 308 g/mol. The lowest BCUT2D eigenvalue weighted by atomic mass is 9.73. The highest BCUT2D eigenvalue weighted by Gasteiger charge is 2.40. The van der Waals surface area contributed by atoms with E-state index in [0.717, 1.165) is 22.9 Å². The number of halogens is 1. The van der Waals surface area contributed by atoms with Gasteiger partial charge < -0.3 is 0 Å². The van der Waals surface area contributed by atoms with Crippen molar-refractivity contribution < 1.29 is 0 Å². The molecule has 0 nitrogen and oxygen atoms in total. The Labute approximate surface area is 129 Å². The Hall–Kier alpha value is -1.52. The number of fused-ring (bicyclic) bond motifs is 3. The van der Waals surface area contributed by atoms with E-state index in [4.69, 9.17) is 6.42 Å². The molecule has 1 heteroatoms. The molecule has 0 saturated carbocycles. The minimum atomic E-state index is 0.0985. The average molecular weight is 325 g/mol. The quantitative estimate of drug-likeness (QED) is 0.638. The molecule has 100 valence electrons. The second kappa shape index (κ2) is 4.79. The number of hydrogen-bond acceptors (Lipinski definition) is 0. The molecule has 3 rings (SSSR count). The van der Waals surface area contributed by atoms with Crippen molar-refractivity contribution in [3.05, 3.63) is 57.6 Å². The first kappa shape index (κ1) is 13.5. The van der Waals surface area contributed by atoms with Crippen LogP contribution in [0.25, 0.3) is 11.1 Å². The van der Waals surface area contributed by atoms with Crippen molar-refractivity contribution >= 4 is 15.9 Å². The van der Waals surface area contributed by atoms with Crippen molar-refractivity contribution in [3.63, 3.8) is 0 Å². The summed E-state index contributed by atoms with van der Waals surface area (Å²) in [7, 11) is 0. The largest absolute Gasteiger partial charge is 0.115 e. The first-order chi connectivity index (χ1) is 9.66. The molecule has 0 aromatic heterocycles. The molecular formula is C19H17Br. The van der Waals surface area contributed by atoms with E-state index in [1.165, 1.54) is 22.3 Å². The molecule has 0 aliphatic heterocycles. The summed E-state index contributed by atoms with van der Waals surface area (Å²) in [6.07, 6.45) is 7.77. The molecule has 2 aromatic rings. The van der Waals surface area contributed by atoms with Gasteiger partial charge in [-0.2, -0.15) is 0 Å². The molecule has 0 N–H and O–H groups in total. The maximum atomic E-state index is 5.59. The molecule has 0 heterocycles. The number of benzene rings is 2. The maximum absolute atomic E-state index is 5.59. The Bertz CT molecular complexity index is 715. The summed E-state index contributed by atoms with van der Waals surface area (Å²) in [6, 6.07) is 13.1. The van der Waals surface area contributed by atoms with Crippen molar-refractivity contribution in [2.75, 3.05) is 0 Å². The van der Waals surface area contributed by atoms with Crippen LogP contribution < -0.4 is 0 Å². The van der Waals surface area contributed by atoms with Gasteiger partial charge in [0.15, 0.2) is 0 Å². The minimum Gasteiger partial charge on any atom is -0.115 e. The van der Waals surface area contributed by atoms with Gasteiger partial charge in [0.05, 0.1) is 0 Å². The first-order valence-electron chi connectivity index (χ1n) is 7.08. The highest BCUT2D eigenvalue weighted by atomic mass is 79.9. The van der Waals surface area contributed by atoms with Gasteiger partial charge in [-0.05, 0) is 59.4 Å². The molecule has 0 unspecified atom stereocenters. The fourth-order valence-corrected chi connectivity index (χ4v) is 3.93. The van der Waals surface area contributed by atoms with Crippen LogP contribution in [0.15, 0.2) is 40.9 Å². The predicted octanol–water partition coefficient (Wildman–Crippen LogP) is 5.52. The van der Waals surface area contributed by atoms with Crippen molar-refractivity contribution in [3.8, 4) is 23.5 Å². The van der Waals surface area contributed by atoms with Crippen molar-refractivity contribution in [2.45, 2.75) is 32.1 Å². The molecule has 0 saturated heterocycles. The predicted molar refractivity (Wildman–Crippen MR) is 88.9 cm³/mol. The topological polar surface area (TPSA) is 0 Å². The van der Waals surface area contributed by atoms with E-state index in [1.54, 1.807) is 0 Å². The van der Waals surface area contributed by atoms with E-state index in [1.807, 2.05) is 6.07 Å². The van der Waals surface area contributed by atoms with E-state index < -0.39 is 0 Å². The van der Waals surface area contributed by atoms with E-state index in [0.29, 0.717) is 0 Å². The third-order valence-corrected chi connectivity index (χ3v) is 5.19. The van der Waals surface area contributed by atoms with Gasteiger partial charge in [-0.1, -0.05) is 47.8 Å². The Morgan fingerprint density at radius 3 is 2.20 bits per heavy atom. The summed E-state index contributed by atoms with van der Waals surface area (Å²) >= 11 is 3.62. The van der Waals surface area contributed by atoms with Gasteiger partial charge >= 0.3 is 0 Å². The van der Waals surface area contributed by atoms with Gasteiger partial charge in [-0.3, -0.25) is 0 Å². The first-order valence-corrected chi connectivity index (χ1v) is 7.87. The van der Waals surface area contributed by atoms with E-state index >= 15 is 0 Å². The second-order valence-corrected chi connectivity index (χ2v) is 6.30. The fraction of sp³-hybridized carbons (Fsp3) is 0.263. The second-order valence-electron chi connectivity index (χ2n) is 5.38. The van der Waals surface area contributed by atoms with Gasteiger partial charge in [-0.15, -0.1) is 6.42 Å². The normalized spacial score (nSPS) is 14.5. The Kier molecular flexibility index (Phi) is 3.22. The van der Waals surface area contributed by atoms with Crippen molar-refractivity contribution in [2.24, 2.45) is 0 Å². The van der Waals surface area contributed by atoms with Crippen LogP contribution in [0, 0.1) is 12.3 Å². The van der Waals surface area contributed by atoms with Crippen LogP contribution in [-0.4, -0.2) is 0 Å². The molecule has 1 aliphatic rings. The smallest absolute Gasteiger partial charge is 0.0246 e. The molecule has 0 radical (unpaired) electrons. The van der Waals surface area contributed by atoms with Gasteiger partial charge in [-0.25, -0.2) is 0 Å². The minimum absolute atomic E-state index is 0.0985. The molecule has 0 amide bonds. The standard InChI is InChI=1S/C19H17Br/c1-4-13-7-9-15-16-10-8-14(20)12-18(16)19(5-2,6-3)17(15)11-13/h1,7-12H,5-6H2,2-3H3. The fourth-order valence-electron chi connectivity index (χ4n) is 3.57. The molecule has 0 fully saturated rings. The monoisotopic (exact) mass is 324 g/mol. The zero-order valence-corrected chi connectivity index (χ0v) is 13.4. The van der Waals surface area contributed by atoms with Crippen LogP contribution in [0.4, 0.5) is 0 Å². The SMILES string of the molecule is C#Cc1ccc2c(c1)C(CC)(CC)c1cc(Br)ccc1-2. The zero-order chi connectivity index (χ0) is 14.3. The van der Waals surface area contributed by atoms with Crippen LogP contribution in [0.1, 0.15) is 43.4 Å². The molecule has 1 aliphatic carbocycles. The summed E-state index contributed by atoms with van der Waals surface area (Å²) in [5.74, 6) is 2.77. The molecule has 2 aromatic carbocycles. The van der Waals surface area contributed by atoms with E-state index in [2.05, 4.69) is 66.0 Å². The highest BCUT2D eigenvalue weighted by Crippen LogP contribution is 2.53. The van der Waals surface area contributed by atoms with Gasteiger partial charge in [0.1, 0.15) is 0 Å². The third-order valence-electron chi connectivity index (χ3n) is 4.70. The lowest BCUT2D eigenvalue weighted by molar-refractivity contribution is 0.490. The summed E-state index contributed by atoms with van der Waals surface area (Å²) < 4.78 is 1.15. The molecule has 20 heavy (non-hydrogen) atoms. The van der Waals surface area contributed by atoms with Gasteiger partial charge in [0.2, 0.25) is 0 Å². The number of hydrogen-bond donors (Lipinski definition) is 0. The van der Waals surface area contributed by atoms with Crippen LogP contribution in [0.3, 0.4) is 0 Å². The summed E-state index contributed by atoms with van der Waals surface area (Å²) in [5, 5.41) is 0. The van der Waals surface area contributed by atoms with E-state index in [9.17, 15) is 0 Å². The zero-order valence-electron chi connectivity index (χ0n) is 11.8. The number of rotatable bonds is 2. The molecule has 0 spiro atoms. The molecule has 0 bridgehead atoms. The van der Waals surface area contributed by atoms with E-state index in [-0.39, 0.29) is 5.41 Å². The average Bonchev–Trinajstić information content (AvgIpc) is 2.76. The Morgan fingerprint density at radius 1 is 1.00 bits per heavy atom. The maximum Gasteiger partial charge on any atom is 0.0246 e. The van der Waals surface area contributed by atoms with Gasteiger partial charge in [0.25, 0.3) is 0 Å². The lowest BCUT2D eigenvalue weighted by Gasteiger charge is -2.29. The van der Waals surface area contributed by atoms with Crippen LogP contribution >= 0.6 is 15.9 Å². The highest BCUT2D eigenvalue weighted by molar-refractivity contribution is 9.10. The lowest BCUT2D eigenvalue weighted by Crippen LogP contribution is -2.23. The van der Waals surface area contributed by atoms with Crippen LogP contribution in [0.5, 0.6) is 0 Å². The Morgan fingerprint density at radius 2 is 1.60 bits per heavy atom. The summed E-state index contributed by atoms with van der Waals surface area (Å²) in [5.41, 5.74) is 6.60. The third kappa shape index (κ3) is 1.68. The number of terminal acetylenes is 1. The summed E-state index contributed by atoms with van der Waals surface area (Å²) in [4.78, 5) is 0. The van der Waals surface area contributed by atoms with Crippen LogP contribution in [0.2, 0.25) is 0 Å². The van der Waals surface area contributed by atoms with Crippen LogP contribution in [-0.2, 0) is 5.41 Å². The van der Waals surface area contributed by atoms with Gasteiger partial charge in [0, 0.05) is 15.5 Å². The Balaban J connectivity index is 2.37. The summed E-state index contributed by atoms with van der Waals surface area (Å²) in [6.45, 7) is 4.54. The van der Waals surface area contributed by atoms with Crippen molar-refractivity contribution in [1.82, 2.24) is 0 Å². The van der Waals surface area contributed by atoms with Crippen molar-refractivity contribution in [1.29, 1.82) is 0 Å².